The summed E-state index contributed by atoms with van der Waals surface area (Å²) in [6.45, 7) is 22.4. The third kappa shape index (κ3) is 15.6. The number of thiol groups is 1. The third-order valence-corrected chi connectivity index (χ3v) is 7.72. The molecule has 2 N–H and O–H groups in total. The Morgan fingerprint density at radius 1 is 1.10 bits per heavy atom. The Kier molecular flexibility index (Phi) is 21.9. The highest BCUT2D eigenvalue weighted by Gasteiger charge is 2.46. The van der Waals surface area contributed by atoms with E-state index in [1.54, 1.807) is 0 Å². The molecule has 1 radical (unpaired) electrons. The van der Waals surface area contributed by atoms with Gasteiger partial charge in [0.05, 0.1) is 5.60 Å². The van der Waals surface area contributed by atoms with Crippen LogP contribution in [-0.4, -0.2) is 35.1 Å². The lowest BCUT2D eigenvalue weighted by Gasteiger charge is -2.38. The molecular formula is C33H61BNO4S. The van der Waals surface area contributed by atoms with E-state index >= 15 is 0 Å². The Bertz CT molecular complexity index is 795. The van der Waals surface area contributed by atoms with E-state index in [-0.39, 0.29) is 34.8 Å². The maximum absolute atomic E-state index is 12.7. The van der Waals surface area contributed by atoms with Gasteiger partial charge in [0, 0.05) is 17.1 Å². The molecule has 0 saturated heterocycles. The molecule has 1 fully saturated rings. The minimum absolute atomic E-state index is 0.165. The number of hydrogen-bond acceptors (Lipinski definition) is 6. The van der Waals surface area contributed by atoms with Gasteiger partial charge in [0.2, 0.25) is 0 Å². The van der Waals surface area contributed by atoms with Gasteiger partial charge in [0.25, 0.3) is 7.48 Å². The minimum Gasteiger partial charge on any atom is -0.459 e. The van der Waals surface area contributed by atoms with Crippen molar-refractivity contribution < 1.29 is 19.0 Å². The summed E-state index contributed by atoms with van der Waals surface area (Å²) in [4.78, 5) is 23.2. The molecule has 0 aliphatic heterocycles. The lowest BCUT2D eigenvalue weighted by molar-refractivity contribution is -0.153. The molecule has 1 aliphatic carbocycles. The summed E-state index contributed by atoms with van der Waals surface area (Å²) in [6, 6.07) is 9.73. The molecule has 40 heavy (non-hydrogen) atoms. The van der Waals surface area contributed by atoms with Gasteiger partial charge in [-0.2, -0.15) is 12.6 Å². The largest absolute Gasteiger partial charge is 0.459 e. The van der Waals surface area contributed by atoms with Crippen molar-refractivity contribution in [1.29, 1.82) is 0 Å². The standard InChI is InChI=1S/C22H35BNO3S.C6H12O.C3H8.C2H6/c1-20(2,21(3,4)28)27-23-15-9-13-18-12-8-14-22(18,24)19(25)26-16-17-10-6-5-7-11-17;1-4-6(7)5(2)3;1-3-2;1-2/h5-7,10-11,18,28H,8-9,12-16,24H2,1-4H3;5H,4H2,1-3H3;3H2,1-2H3;1-2H3. The van der Waals surface area contributed by atoms with Gasteiger partial charge in [-0.3, -0.25) is 9.59 Å². The van der Waals surface area contributed by atoms with Crippen LogP contribution in [0, 0.1) is 11.8 Å². The first kappa shape index (κ1) is 40.8. The predicted octanol–water partition coefficient (Wildman–Crippen LogP) is 8.61. The fourth-order valence-electron chi connectivity index (χ4n) is 3.90. The molecule has 0 amide bonds. The smallest absolute Gasteiger partial charge is 0.326 e. The number of carbonyl (C=O) groups is 2. The van der Waals surface area contributed by atoms with Gasteiger partial charge in [-0.1, -0.05) is 104 Å². The molecule has 0 aromatic heterocycles. The second kappa shape index (κ2) is 21.4. The Balaban J connectivity index is 0. The van der Waals surface area contributed by atoms with E-state index < -0.39 is 5.54 Å². The summed E-state index contributed by atoms with van der Waals surface area (Å²) in [7, 11) is 1.87. The van der Waals surface area contributed by atoms with Crippen LogP contribution < -0.4 is 5.73 Å². The van der Waals surface area contributed by atoms with Crippen LogP contribution in [0.2, 0.25) is 6.32 Å². The lowest BCUT2D eigenvalue weighted by atomic mass is 9.80. The first-order chi connectivity index (χ1) is 18.7. The number of esters is 1. The Labute approximate surface area is 253 Å². The quantitative estimate of drug-likeness (QED) is 0.112. The van der Waals surface area contributed by atoms with Gasteiger partial charge in [0.15, 0.2) is 0 Å². The van der Waals surface area contributed by atoms with Crippen LogP contribution in [0.4, 0.5) is 0 Å². The van der Waals surface area contributed by atoms with Gasteiger partial charge in [-0.15, -0.1) is 0 Å². The molecule has 0 heterocycles. The lowest BCUT2D eigenvalue weighted by Crippen LogP contribution is -2.52. The van der Waals surface area contributed by atoms with Crippen molar-refractivity contribution in [2.24, 2.45) is 17.6 Å². The molecule has 1 saturated carbocycles. The molecular weight excluding hydrogens is 517 g/mol. The average Bonchev–Trinajstić information content (AvgIpc) is 3.29. The van der Waals surface area contributed by atoms with E-state index in [1.807, 2.05) is 100 Å². The molecule has 1 aliphatic rings. The van der Waals surface area contributed by atoms with E-state index in [2.05, 4.69) is 26.5 Å². The molecule has 5 nitrogen and oxygen atoms in total. The zero-order valence-electron chi connectivity index (χ0n) is 27.6. The van der Waals surface area contributed by atoms with Gasteiger partial charge in [-0.25, -0.2) is 0 Å². The van der Waals surface area contributed by atoms with Crippen molar-refractivity contribution in [2.45, 2.75) is 150 Å². The van der Waals surface area contributed by atoms with Crippen molar-refractivity contribution >= 4 is 31.9 Å². The van der Waals surface area contributed by atoms with Crippen LogP contribution in [0.25, 0.3) is 0 Å². The first-order valence-electron chi connectivity index (χ1n) is 15.4. The summed E-state index contributed by atoms with van der Waals surface area (Å²) < 4.78 is 11.2. The number of rotatable bonds is 12. The molecule has 2 unspecified atom stereocenters. The zero-order valence-corrected chi connectivity index (χ0v) is 28.5. The van der Waals surface area contributed by atoms with Crippen LogP contribution in [-0.2, 0) is 25.6 Å². The molecule has 2 atom stereocenters. The molecule has 1 aromatic carbocycles. The summed E-state index contributed by atoms with van der Waals surface area (Å²) in [5, 5.41) is 0. The summed E-state index contributed by atoms with van der Waals surface area (Å²) in [6.07, 6.45) is 7.26. The summed E-state index contributed by atoms with van der Waals surface area (Å²) >= 11 is 4.61. The maximum atomic E-state index is 12.7. The summed E-state index contributed by atoms with van der Waals surface area (Å²) in [5.74, 6) is 0.473. The highest BCUT2D eigenvalue weighted by atomic mass is 32.1. The molecule has 231 valence electrons. The van der Waals surface area contributed by atoms with Crippen molar-refractivity contribution in [3.05, 3.63) is 35.9 Å². The van der Waals surface area contributed by atoms with E-state index in [4.69, 9.17) is 15.1 Å². The number of Topliss-reactive ketones (excluding diaryl/α,β-unsaturated/α-hetero) is 1. The van der Waals surface area contributed by atoms with Crippen molar-refractivity contribution in [1.82, 2.24) is 0 Å². The van der Waals surface area contributed by atoms with Crippen LogP contribution >= 0.6 is 12.6 Å². The predicted molar refractivity (Wildman–Crippen MR) is 176 cm³/mol. The number of ketones is 1. The van der Waals surface area contributed by atoms with E-state index in [1.165, 1.54) is 6.42 Å². The summed E-state index contributed by atoms with van der Waals surface area (Å²) in [5.41, 5.74) is 6.30. The van der Waals surface area contributed by atoms with Gasteiger partial charge in [-0.05, 0) is 58.4 Å². The minimum atomic E-state index is -0.859. The van der Waals surface area contributed by atoms with E-state index in [0.717, 1.165) is 37.6 Å². The molecule has 7 heteroatoms. The van der Waals surface area contributed by atoms with Crippen LogP contribution in [0.5, 0.6) is 0 Å². The maximum Gasteiger partial charge on any atom is 0.326 e. The van der Waals surface area contributed by atoms with Crippen molar-refractivity contribution in [3.63, 3.8) is 0 Å². The Morgan fingerprint density at radius 2 is 1.65 bits per heavy atom. The zero-order chi connectivity index (χ0) is 31.4. The van der Waals surface area contributed by atoms with E-state index in [9.17, 15) is 9.59 Å². The highest BCUT2D eigenvalue weighted by molar-refractivity contribution is 7.81. The fraction of sp³-hybridized carbons (Fsp3) is 0.758. The highest BCUT2D eigenvalue weighted by Crippen LogP contribution is 2.38. The molecule has 0 spiro atoms. The third-order valence-electron chi connectivity index (χ3n) is 7.18. The molecule has 1 aromatic rings. The number of carbonyl (C=O) groups excluding carboxylic acids is 2. The number of nitrogens with two attached hydrogens (primary N) is 1. The topological polar surface area (TPSA) is 78.6 Å². The monoisotopic (exact) mass is 578 g/mol. The first-order valence-corrected chi connectivity index (χ1v) is 15.8. The van der Waals surface area contributed by atoms with Gasteiger partial charge in [0.1, 0.15) is 17.9 Å². The Hall–Kier alpha value is -1.31. The second-order valence-electron chi connectivity index (χ2n) is 11.7. The normalized spacial score (nSPS) is 18.3. The van der Waals surface area contributed by atoms with Crippen LogP contribution in [0.3, 0.4) is 0 Å². The number of ether oxygens (including phenoxy) is 1. The van der Waals surface area contributed by atoms with Gasteiger partial charge >= 0.3 is 5.97 Å². The fourth-order valence-corrected chi connectivity index (χ4v) is 3.95. The SMILES string of the molecule is CC.CC(C)(S)C(C)(C)O[B]CCCC1CCCC1(N)C(=O)OCc1ccccc1.CCC.CCC(=O)C(C)C. The number of hydrogen-bond donors (Lipinski definition) is 2. The second-order valence-corrected chi connectivity index (χ2v) is 12.8. The van der Waals surface area contributed by atoms with Crippen LogP contribution in [0.1, 0.15) is 127 Å². The average molecular weight is 579 g/mol. The number of benzene rings is 1. The van der Waals surface area contributed by atoms with Gasteiger partial charge < -0.3 is 15.1 Å². The van der Waals surface area contributed by atoms with Crippen molar-refractivity contribution in [2.75, 3.05) is 0 Å². The van der Waals surface area contributed by atoms with Crippen molar-refractivity contribution in [3.8, 4) is 0 Å². The molecule has 0 bridgehead atoms. The van der Waals surface area contributed by atoms with Crippen LogP contribution in [0.15, 0.2) is 30.3 Å². The molecule has 2 rings (SSSR count). The Morgan fingerprint density at radius 3 is 2.10 bits per heavy atom. The van der Waals surface area contributed by atoms with E-state index in [0.29, 0.717) is 18.6 Å².